The van der Waals surface area contributed by atoms with E-state index in [-0.39, 0.29) is 18.4 Å². The number of alkyl carbamates (subject to hydrolysis) is 1. The van der Waals surface area contributed by atoms with Crippen LogP contribution in [0.1, 0.15) is 60.8 Å². The molecule has 1 unspecified atom stereocenters. The fourth-order valence-electron chi connectivity index (χ4n) is 4.72. The summed E-state index contributed by atoms with van der Waals surface area (Å²) in [7, 11) is 0. The predicted molar refractivity (Wildman–Crippen MR) is 133 cm³/mol. The van der Waals surface area contributed by atoms with Crippen molar-refractivity contribution < 1.29 is 28.7 Å². The fraction of sp³-hybridized carbons (Fsp3) is 0.792. The van der Waals surface area contributed by atoms with Gasteiger partial charge in [-0.3, -0.25) is 19.2 Å². The fourth-order valence-corrected chi connectivity index (χ4v) is 5.55. The summed E-state index contributed by atoms with van der Waals surface area (Å²) in [4.78, 5) is 65.0. The van der Waals surface area contributed by atoms with Crippen LogP contribution in [0.3, 0.4) is 0 Å². The van der Waals surface area contributed by atoms with Crippen molar-refractivity contribution in [3.8, 4) is 0 Å². The van der Waals surface area contributed by atoms with Gasteiger partial charge in [0.25, 0.3) is 5.91 Å². The summed E-state index contributed by atoms with van der Waals surface area (Å²) in [5.74, 6) is -3.84. The largest absolute Gasteiger partial charge is 0.444 e. The van der Waals surface area contributed by atoms with Crippen molar-refractivity contribution in [1.29, 1.82) is 0 Å². The van der Waals surface area contributed by atoms with Crippen LogP contribution >= 0.6 is 23.2 Å². The van der Waals surface area contributed by atoms with Gasteiger partial charge < -0.3 is 26.0 Å². The Morgan fingerprint density at radius 2 is 1.64 bits per heavy atom. The first-order chi connectivity index (χ1) is 16.3. The normalized spacial score (nSPS) is 26.3. The number of carbonyl (C=O) groups excluding carboxylic acids is 5. The third kappa shape index (κ3) is 6.25. The number of rotatable bonds is 8. The van der Waals surface area contributed by atoms with Crippen LogP contribution in [0, 0.1) is 23.2 Å². The molecular formula is C24H36Cl2N4O6. The number of piperidine rings is 1. The number of Topliss-reactive ketones (excluding diaryl/α,β-unsaturated/α-hetero) is 1. The molecule has 36 heavy (non-hydrogen) atoms. The van der Waals surface area contributed by atoms with E-state index in [1.54, 1.807) is 41.5 Å². The Bertz CT molecular complexity index is 953. The number of nitrogens with two attached hydrogens (primary N) is 1. The van der Waals surface area contributed by atoms with Gasteiger partial charge in [-0.15, -0.1) is 23.2 Å². The molecule has 1 aliphatic heterocycles. The number of carbonyl (C=O) groups is 5. The van der Waals surface area contributed by atoms with Crippen LogP contribution in [0.25, 0.3) is 0 Å². The minimum absolute atomic E-state index is 0.105. The van der Waals surface area contributed by atoms with E-state index in [0.717, 1.165) is 12.8 Å². The molecule has 12 heteroatoms. The first-order valence-corrected chi connectivity index (χ1v) is 12.9. The molecule has 0 aromatic heterocycles. The molecule has 202 valence electrons. The minimum atomic E-state index is -1.20. The molecule has 10 nitrogen and oxygen atoms in total. The van der Waals surface area contributed by atoms with E-state index in [9.17, 15) is 24.0 Å². The van der Waals surface area contributed by atoms with Crippen molar-refractivity contribution in [3.05, 3.63) is 0 Å². The summed E-state index contributed by atoms with van der Waals surface area (Å²) in [6.07, 6.45) is 1.32. The zero-order valence-electron chi connectivity index (χ0n) is 21.5. The number of hydrogen-bond acceptors (Lipinski definition) is 6. The highest BCUT2D eigenvalue weighted by molar-refractivity contribution is 6.51. The second-order valence-corrected chi connectivity index (χ2v) is 13.6. The van der Waals surface area contributed by atoms with E-state index in [2.05, 4.69) is 10.6 Å². The number of likely N-dealkylation sites (tertiary alicyclic amines) is 1. The van der Waals surface area contributed by atoms with Crippen LogP contribution in [-0.2, 0) is 23.9 Å². The maximum atomic E-state index is 13.7. The van der Waals surface area contributed by atoms with Crippen molar-refractivity contribution in [3.63, 3.8) is 0 Å². The lowest BCUT2D eigenvalue weighted by atomic mass is 9.85. The molecule has 2 saturated carbocycles. The van der Waals surface area contributed by atoms with E-state index in [1.807, 2.05) is 0 Å². The highest BCUT2D eigenvalue weighted by Crippen LogP contribution is 2.65. The standard InChI is InChI=1S/C24H36Cl2N4O6/c1-22(2,3)17(29-21(35)36-23(4,5)6)20(34)30-10-12-14(24(12,25)26)15(30)19(33)28-13(9-11-7-8-11)16(31)18(27)32/h11-15,17H,7-10H2,1-6H3,(H2,27,32)(H,28,33)(H,29,35)/t12-,13?,14-,15+,17-/m1/s1. The van der Waals surface area contributed by atoms with E-state index in [0.29, 0.717) is 6.42 Å². The number of nitrogens with zero attached hydrogens (tertiary/aromatic N) is 1. The van der Waals surface area contributed by atoms with Crippen LogP contribution in [0.15, 0.2) is 0 Å². The van der Waals surface area contributed by atoms with Gasteiger partial charge in [-0.25, -0.2) is 4.79 Å². The van der Waals surface area contributed by atoms with Crippen molar-refractivity contribution in [2.24, 2.45) is 28.9 Å². The monoisotopic (exact) mass is 546 g/mol. The summed E-state index contributed by atoms with van der Waals surface area (Å²) in [6, 6.07) is -3.18. The quantitative estimate of drug-likeness (QED) is 0.312. The number of amides is 4. The number of hydrogen-bond donors (Lipinski definition) is 3. The molecule has 3 aliphatic rings. The lowest BCUT2D eigenvalue weighted by molar-refractivity contribution is -0.144. The molecule has 3 rings (SSSR count). The first kappa shape index (κ1) is 28.5. The molecule has 2 aliphatic carbocycles. The van der Waals surface area contributed by atoms with E-state index >= 15 is 0 Å². The molecule has 5 atom stereocenters. The highest BCUT2D eigenvalue weighted by Gasteiger charge is 2.74. The van der Waals surface area contributed by atoms with Crippen LogP contribution in [-0.4, -0.2) is 69.1 Å². The van der Waals surface area contributed by atoms with Crippen LogP contribution in [0.5, 0.6) is 0 Å². The van der Waals surface area contributed by atoms with E-state index in [4.69, 9.17) is 33.7 Å². The topological polar surface area (TPSA) is 148 Å². The van der Waals surface area contributed by atoms with Gasteiger partial charge in [0.05, 0.1) is 6.04 Å². The Kier molecular flexibility index (Phi) is 7.65. The molecule has 4 N–H and O–H groups in total. The Balaban J connectivity index is 1.83. The number of fused-ring (bicyclic) bond motifs is 1. The van der Waals surface area contributed by atoms with Gasteiger partial charge in [-0.05, 0) is 38.5 Å². The smallest absolute Gasteiger partial charge is 0.408 e. The minimum Gasteiger partial charge on any atom is -0.444 e. The number of primary amides is 1. The third-order valence-electron chi connectivity index (χ3n) is 6.80. The first-order valence-electron chi connectivity index (χ1n) is 12.2. The molecular weight excluding hydrogens is 511 g/mol. The summed E-state index contributed by atoms with van der Waals surface area (Å²) in [5, 5.41) is 5.27. The van der Waals surface area contributed by atoms with Gasteiger partial charge in [-0.2, -0.15) is 0 Å². The lowest BCUT2D eigenvalue weighted by Gasteiger charge is -2.37. The molecule has 1 saturated heterocycles. The lowest BCUT2D eigenvalue weighted by Crippen LogP contribution is -2.61. The van der Waals surface area contributed by atoms with Gasteiger partial charge in [0.1, 0.15) is 22.0 Å². The zero-order valence-corrected chi connectivity index (χ0v) is 23.0. The SMILES string of the molecule is CC(C)(C)OC(=O)N[C@H](C(=O)N1C[C@@H]2[C@H]([C@H]1C(=O)NC(CC1CC1)C(=O)C(N)=O)C2(Cl)Cl)C(C)(C)C. The van der Waals surface area contributed by atoms with Gasteiger partial charge in [0.2, 0.25) is 17.6 Å². The number of halogens is 2. The molecule has 0 radical (unpaired) electrons. The Morgan fingerprint density at radius 1 is 1.06 bits per heavy atom. The Hall–Kier alpha value is -2.07. The molecule has 0 spiro atoms. The van der Waals surface area contributed by atoms with Crippen molar-refractivity contribution in [2.75, 3.05) is 6.54 Å². The van der Waals surface area contributed by atoms with Gasteiger partial charge in [0.15, 0.2) is 0 Å². The number of nitrogens with one attached hydrogen (secondary N) is 2. The summed E-state index contributed by atoms with van der Waals surface area (Å²) in [5.41, 5.74) is 3.70. The Morgan fingerprint density at radius 3 is 2.11 bits per heavy atom. The van der Waals surface area contributed by atoms with Crippen molar-refractivity contribution in [2.45, 2.75) is 88.9 Å². The van der Waals surface area contributed by atoms with Crippen LogP contribution in [0.2, 0.25) is 0 Å². The van der Waals surface area contributed by atoms with Crippen LogP contribution < -0.4 is 16.4 Å². The maximum absolute atomic E-state index is 13.7. The molecule has 0 bridgehead atoms. The molecule has 4 amide bonds. The summed E-state index contributed by atoms with van der Waals surface area (Å²) in [6.45, 7) is 10.6. The molecule has 0 aromatic rings. The average Bonchev–Trinajstić information content (AvgIpc) is 3.55. The van der Waals surface area contributed by atoms with Crippen LogP contribution in [0.4, 0.5) is 4.79 Å². The number of ketones is 1. The number of alkyl halides is 2. The predicted octanol–water partition coefficient (Wildman–Crippen LogP) is 1.90. The average molecular weight is 547 g/mol. The van der Waals surface area contributed by atoms with Crippen molar-refractivity contribution >= 4 is 52.8 Å². The van der Waals surface area contributed by atoms with E-state index < -0.39 is 69.0 Å². The Labute approximate surface area is 221 Å². The summed E-state index contributed by atoms with van der Waals surface area (Å²) >= 11 is 12.8. The van der Waals surface area contributed by atoms with Gasteiger partial charge in [0, 0.05) is 18.4 Å². The second-order valence-electron chi connectivity index (χ2n) is 12.2. The third-order valence-corrected chi connectivity index (χ3v) is 7.86. The van der Waals surface area contributed by atoms with Gasteiger partial charge >= 0.3 is 6.09 Å². The number of ether oxygens (including phenoxy) is 1. The van der Waals surface area contributed by atoms with Crippen molar-refractivity contribution in [1.82, 2.24) is 15.5 Å². The summed E-state index contributed by atoms with van der Waals surface area (Å²) < 4.78 is 4.13. The van der Waals surface area contributed by atoms with Gasteiger partial charge in [-0.1, -0.05) is 33.6 Å². The molecule has 0 aromatic carbocycles. The maximum Gasteiger partial charge on any atom is 0.408 e. The van der Waals surface area contributed by atoms with E-state index in [1.165, 1.54) is 4.90 Å². The molecule has 1 heterocycles. The second kappa shape index (κ2) is 9.67. The molecule has 3 fully saturated rings. The highest BCUT2D eigenvalue weighted by atomic mass is 35.5. The zero-order chi connectivity index (χ0) is 27.4.